The molecule has 1 amide bonds. The Morgan fingerprint density at radius 3 is 2.59 bits per heavy atom. The van der Waals surface area contributed by atoms with Gasteiger partial charge in [0.1, 0.15) is 11.6 Å². The largest absolute Gasteiger partial charge is 0.495 e. The fraction of sp³-hybridized carbons (Fsp3) is 0.143. The summed E-state index contributed by atoms with van der Waals surface area (Å²) in [5, 5.41) is 3.47. The Morgan fingerprint density at radius 2 is 1.89 bits per heavy atom. The van der Waals surface area contributed by atoms with Crippen molar-refractivity contribution >= 4 is 34.7 Å². The van der Waals surface area contributed by atoms with Gasteiger partial charge >= 0.3 is 0 Å². The zero-order valence-corrected chi connectivity index (χ0v) is 16.1. The van der Waals surface area contributed by atoms with E-state index >= 15 is 0 Å². The van der Waals surface area contributed by atoms with Gasteiger partial charge in [-0.1, -0.05) is 29.8 Å². The van der Waals surface area contributed by atoms with Crippen LogP contribution in [0.25, 0.3) is 0 Å². The summed E-state index contributed by atoms with van der Waals surface area (Å²) in [6.07, 6.45) is 1.62. The van der Waals surface area contributed by atoms with E-state index in [4.69, 9.17) is 16.3 Å². The summed E-state index contributed by atoms with van der Waals surface area (Å²) in [4.78, 5) is 19.0. The van der Waals surface area contributed by atoms with Crippen LogP contribution in [-0.2, 0) is 0 Å². The molecule has 138 valence electrons. The van der Waals surface area contributed by atoms with Gasteiger partial charge in [0.15, 0.2) is 0 Å². The zero-order chi connectivity index (χ0) is 19.4. The lowest BCUT2D eigenvalue weighted by molar-refractivity contribution is 0.102. The van der Waals surface area contributed by atoms with Gasteiger partial charge in [-0.2, -0.15) is 0 Å². The molecule has 2 aromatic carbocycles. The van der Waals surface area contributed by atoms with Gasteiger partial charge < -0.3 is 15.0 Å². The maximum absolute atomic E-state index is 12.7. The van der Waals surface area contributed by atoms with E-state index in [1.54, 1.807) is 30.5 Å². The SMILES string of the molecule is COc1cc(Cl)c(C)cc1NC(=O)c1ccnc(N(C)c2ccccc2)c1. The van der Waals surface area contributed by atoms with Crippen LogP contribution in [0.15, 0.2) is 60.8 Å². The molecule has 3 aromatic rings. The van der Waals surface area contributed by atoms with E-state index in [0.717, 1.165) is 11.3 Å². The summed E-state index contributed by atoms with van der Waals surface area (Å²) < 4.78 is 5.32. The van der Waals surface area contributed by atoms with Gasteiger partial charge in [-0.25, -0.2) is 4.98 Å². The number of hydrogen-bond acceptors (Lipinski definition) is 4. The van der Waals surface area contributed by atoms with E-state index in [0.29, 0.717) is 27.8 Å². The topological polar surface area (TPSA) is 54.5 Å². The number of methoxy groups -OCH3 is 1. The van der Waals surface area contributed by atoms with E-state index in [-0.39, 0.29) is 5.91 Å². The van der Waals surface area contributed by atoms with Crippen molar-refractivity contribution in [3.63, 3.8) is 0 Å². The van der Waals surface area contributed by atoms with Gasteiger partial charge in [0.05, 0.1) is 12.8 Å². The quantitative estimate of drug-likeness (QED) is 0.670. The van der Waals surface area contributed by atoms with Crippen LogP contribution in [0.5, 0.6) is 5.75 Å². The highest BCUT2D eigenvalue weighted by Gasteiger charge is 2.14. The number of nitrogens with zero attached hydrogens (tertiary/aromatic N) is 2. The summed E-state index contributed by atoms with van der Waals surface area (Å²) >= 11 is 6.13. The average molecular weight is 382 g/mol. The fourth-order valence-electron chi connectivity index (χ4n) is 2.65. The maximum atomic E-state index is 12.7. The fourth-order valence-corrected chi connectivity index (χ4v) is 2.80. The minimum atomic E-state index is -0.250. The number of ether oxygens (including phenoxy) is 1. The van der Waals surface area contributed by atoms with Gasteiger partial charge in [0.2, 0.25) is 0 Å². The number of pyridine rings is 1. The van der Waals surface area contributed by atoms with Crippen molar-refractivity contribution in [1.82, 2.24) is 4.98 Å². The molecule has 6 heteroatoms. The molecule has 27 heavy (non-hydrogen) atoms. The molecule has 0 fully saturated rings. The first-order valence-corrected chi connectivity index (χ1v) is 8.77. The molecule has 0 radical (unpaired) electrons. The monoisotopic (exact) mass is 381 g/mol. The molecule has 0 aliphatic rings. The predicted molar refractivity (Wildman–Crippen MR) is 109 cm³/mol. The second-order valence-corrected chi connectivity index (χ2v) is 6.46. The standard InChI is InChI=1S/C21H20ClN3O2/c1-14-11-18(19(27-3)13-17(14)22)24-21(26)15-9-10-23-20(12-15)25(2)16-7-5-4-6-8-16/h4-13H,1-3H3,(H,24,26). The molecular formula is C21H20ClN3O2. The van der Waals surface area contributed by atoms with Crippen LogP contribution in [0, 0.1) is 6.92 Å². The van der Waals surface area contributed by atoms with Crippen LogP contribution in [0.1, 0.15) is 15.9 Å². The molecule has 0 aliphatic carbocycles. The van der Waals surface area contributed by atoms with Crippen molar-refractivity contribution in [1.29, 1.82) is 0 Å². The molecule has 0 spiro atoms. The van der Waals surface area contributed by atoms with Gasteiger partial charge in [-0.05, 0) is 42.8 Å². The number of anilines is 3. The van der Waals surface area contributed by atoms with Crippen molar-refractivity contribution < 1.29 is 9.53 Å². The van der Waals surface area contributed by atoms with Crippen molar-refractivity contribution in [2.75, 3.05) is 24.4 Å². The lowest BCUT2D eigenvalue weighted by Gasteiger charge is -2.19. The van der Waals surface area contributed by atoms with Gasteiger partial charge in [0, 0.05) is 35.6 Å². The van der Waals surface area contributed by atoms with Gasteiger partial charge in [-0.15, -0.1) is 0 Å². The van der Waals surface area contributed by atoms with Crippen LogP contribution in [0.3, 0.4) is 0 Å². The molecule has 0 bridgehead atoms. The third kappa shape index (κ3) is 4.20. The van der Waals surface area contributed by atoms with E-state index in [1.807, 2.05) is 49.2 Å². The lowest BCUT2D eigenvalue weighted by atomic mass is 10.2. The summed E-state index contributed by atoms with van der Waals surface area (Å²) in [7, 11) is 3.45. The Morgan fingerprint density at radius 1 is 1.15 bits per heavy atom. The van der Waals surface area contributed by atoms with E-state index in [2.05, 4.69) is 10.3 Å². The summed E-state index contributed by atoms with van der Waals surface area (Å²) in [5.41, 5.74) is 2.90. The molecule has 3 rings (SSSR count). The molecule has 0 atom stereocenters. The predicted octanol–water partition coefficient (Wildman–Crippen LogP) is 5.07. The smallest absolute Gasteiger partial charge is 0.255 e. The summed E-state index contributed by atoms with van der Waals surface area (Å²) in [5.74, 6) is 0.933. The van der Waals surface area contributed by atoms with Crippen molar-refractivity contribution in [3.05, 3.63) is 76.9 Å². The van der Waals surface area contributed by atoms with Crippen LogP contribution in [0.2, 0.25) is 5.02 Å². The number of rotatable bonds is 5. The Labute approximate surface area is 163 Å². The number of aryl methyl sites for hydroxylation is 1. The van der Waals surface area contributed by atoms with Crippen LogP contribution in [0.4, 0.5) is 17.2 Å². The third-order valence-electron chi connectivity index (χ3n) is 4.22. The number of para-hydroxylation sites is 1. The molecule has 1 heterocycles. The first-order chi connectivity index (χ1) is 13.0. The highest BCUT2D eigenvalue weighted by Crippen LogP contribution is 2.31. The summed E-state index contributed by atoms with van der Waals surface area (Å²) in [6, 6.07) is 16.7. The zero-order valence-electron chi connectivity index (χ0n) is 15.4. The number of halogens is 1. The molecular weight excluding hydrogens is 362 g/mol. The normalized spacial score (nSPS) is 10.4. The number of hydrogen-bond donors (Lipinski definition) is 1. The van der Waals surface area contributed by atoms with Crippen LogP contribution >= 0.6 is 11.6 Å². The number of nitrogens with one attached hydrogen (secondary N) is 1. The molecule has 5 nitrogen and oxygen atoms in total. The van der Waals surface area contributed by atoms with Crippen LogP contribution < -0.4 is 15.0 Å². The second kappa shape index (κ2) is 8.10. The van der Waals surface area contributed by atoms with Crippen LogP contribution in [-0.4, -0.2) is 25.0 Å². The average Bonchev–Trinajstić information content (AvgIpc) is 2.70. The highest BCUT2D eigenvalue weighted by molar-refractivity contribution is 6.31. The highest BCUT2D eigenvalue weighted by atomic mass is 35.5. The van der Waals surface area contributed by atoms with Crippen molar-refractivity contribution in [2.45, 2.75) is 6.92 Å². The minimum Gasteiger partial charge on any atom is -0.495 e. The molecule has 1 N–H and O–H groups in total. The second-order valence-electron chi connectivity index (χ2n) is 6.05. The third-order valence-corrected chi connectivity index (χ3v) is 4.63. The summed E-state index contributed by atoms with van der Waals surface area (Å²) in [6.45, 7) is 1.87. The number of benzene rings is 2. The number of aromatic nitrogens is 1. The Balaban J connectivity index is 1.85. The molecule has 1 aromatic heterocycles. The van der Waals surface area contributed by atoms with E-state index in [1.165, 1.54) is 7.11 Å². The Bertz CT molecular complexity index is 961. The lowest BCUT2D eigenvalue weighted by Crippen LogP contribution is -2.15. The number of carbonyl (C=O) groups excluding carboxylic acids is 1. The first-order valence-electron chi connectivity index (χ1n) is 8.40. The van der Waals surface area contributed by atoms with Crippen molar-refractivity contribution in [2.24, 2.45) is 0 Å². The molecule has 0 saturated carbocycles. The first kappa shape index (κ1) is 18.7. The molecule has 0 saturated heterocycles. The molecule has 0 unspecified atom stereocenters. The van der Waals surface area contributed by atoms with E-state index in [9.17, 15) is 4.79 Å². The van der Waals surface area contributed by atoms with Crippen molar-refractivity contribution in [3.8, 4) is 5.75 Å². The Hall–Kier alpha value is -3.05. The Kier molecular flexibility index (Phi) is 5.62. The maximum Gasteiger partial charge on any atom is 0.255 e. The molecule has 0 aliphatic heterocycles. The number of amides is 1. The van der Waals surface area contributed by atoms with Gasteiger partial charge in [-0.3, -0.25) is 4.79 Å². The van der Waals surface area contributed by atoms with E-state index < -0.39 is 0 Å². The minimum absolute atomic E-state index is 0.250. The van der Waals surface area contributed by atoms with Gasteiger partial charge in [0.25, 0.3) is 5.91 Å². The number of carbonyl (C=O) groups is 1.